The first kappa shape index (κ1) is 16.1. The van der Waals surface area contributed by atoms with E-state index in [0.717, 1.165) is 31.5 Å². The van der Waals surface area contributed by atoms with Gasteiger partial charge in [0.15, 0.2) is 0 Å². The fourth-order valence-electron chi connectivity index (χ4n) is 3.63. The van der Waals surface area contributed by atoms with Gasteiger partial charge in [0.25, 0.3) is 0 Å². The third-order valence-corrected chi connectivity index (χ3v) is 5.05. The molecule has 0 spiro atoms. The number of aryl methyl sites for hydroxylation is 1. The van der Waals surface area contributed by atoms with Gasteiger partial charge in [0.1, 0.15) is 0 Å². The highest BCUT2D eigenvalue weighted by molar-refractivity contribution is 5.89. The average Bonchev–Trinajstić information content (AvgIpc) is 2.93. The van der Waals surface area contributed by atoms with Gasteiger partial charge in [-0.25, -0.2) is 0 Å². The smallest absolute Gasteiger partial charge is 0.227 e. The first-order chi connectivity index (χ1) is 11.1. The predicted octanol–water partition coefficient (Wildman–Crippen LogP) is 2.82. The zero-order valence-corrected chi connectivity index (χ0v) is 14.0. The van der Waals surface area contributed by atoms with Crippen molar-refractivity contribution in [3.63, 3.8) is 0 Å². The molecule has 0 radical (unpaired) electrons. The summed E-state index contributed by atoms with van der Waals surface area (Å²) >= 11 is 0. The minimum Gasteiger partial charge on any atom is -0.393 e. The van der Waals surface area contributed by atoms with Crippen molar-refractivity contribution in [3.8, 4) is 0 Å². The zero-order valence-electron chi connectivity index (χ0n) is 14.0. The second kappa shape index (κ2) is 6.75. The van der Waals surface area contributed by atoms with E-state index in [1.54, 1.807) is 0 Å². The number of hydrogen-bond donors (Lipinski definition) is 1. The fourth-order valence-corrected chi connectivity index (χ4v) is 3.63. The number of likely N-dealkylation sites (tertiary alicyclic amines) is 1. The summed E-state index contributed by atoms with van der Waals surface area (Å²) in [5.41, 5.74) is 2.30. The molecule has 23 heavy (non-hydrogen) atoms. The minimum absolute atomic E-state index is 0.175. The summed E-state index contributed by atoms with van der Waals surface area (Å²) in [7, 11) is 0. The molecule has 0 aliphatic carbocycles. The number of carbonyl (C=O) groups excluding carboxylic acids is 1. The van der Waals surface area contributed by atoms with Crippen LogP contribution in [-0.2, 0) is 17.8 Å². The molecule has 1 saturated heterocycles. The van der Waals surface area contributed by atoms with Gasteiger partial charge in [-0.2, -0.15) is 0 Å². The highest BCUT2D eigenvalue weighted by Gasteiger charge is 2.26. The first-order valence-electron chi connectivity index (χ1n) is 8.62. The maximum absolute atomic E-state index is 12.7. The zero-order chi connectivity index (χ0) is 16.4. The van der Waals surface area contributed by atoms with Gasteiger partial charge in [0.2, 0.25) is 5.91 Å². The molecule has 3 rings (SSSR count). The van der Waals surface area contributed by atoms with Crippen LogP contribution in [0.2, 0.25) is 0 Å². The van der Waals surface area contributed by atoms with E-state index in [4.69, 9.17) is 0 Å². The molecule has 2 heterocycles. The Morgan fingerprint density at radius 2 is 2.17 bits per heavy atom. The number of carbonyl (C=O) groups is 1. The van der Waals surface area contributed by atoms with Crippen LogP contribution in [0, 0.1) is 5.92 Å². The largest absolute Gasteiger partial charge is 0.393 e. The lowest BCUT2D eigenvalue weighted by atomic mass is 9.93. The van der Waals surface area contributed by atoms with Gasteiger partial charge in [-0.3, -0.25) is 4.79 Å². The van der Waals surface area contributed by atoms with E-state index in [0.29, 0.717) is 13.0 Å². The molecule has 124 valence electrons. The Bertz CT molecular complexity index is 690. The van der Waals surface area contributed by atoms with Crippen molar-refractivity contribution in [3.05, 3.63) is 36.0 Å². The number of fused-ring (bicyclic) bond motifs is 1. The van der Waals surface area contributed by atoms with E-state index in [-0.39, 0.29) is 17.9 Å². The summed E-state index contributed by atoms with van der Waals surface area (Å²) in [5.74, 6) is 0.388. The molecule has 1 aliphatic rings. The van der Waals surface area contributed by atoms with Gasteiger partial charge in [-0.05, 0) is 38.3 Å². The molecule has 0 unspecified atom stereocenters. The normalized spacial score (nSPS) is 20.0. The second-order valence-electron chi connectivity index (χ2n) is 6.62. The molecule has 2 atom stereocenters. The van der Waals surface area contributed by atoms with Crippen LogP contribution in [0.3, 0.4) is 0 Å². The Hall–Kier alpha value is -1.81. The van der Waals surface area contributed by atoms with Crippen LogP contribution in [0.25, 0.3) is 10.9 Å². The molecule has 1 aliphatic heterocycles. The van der Waals surface area contributed by atoms with Crippen LogP contribution in [0.5, 0.6) is 0 Å². The number of aliphatic hydroxyl groups is 1. The Morgan fingerprint density at radius 3 is 2.91 bits per heavy atom. The number of piperidine rings is 1. The van der Waals surface area contributed by atoms with Crippen molar-refractivity contribution in [1.29, 1.82) is 0 Å². The van der Waals surface area contributed by atoms with Crippen LogP contribution < -0.4 is 0 Å². The molecule has 0 bridgehead atoms. The van der Waals surface area contributed by atoms with E-state index in [9.17, 15) is 9.90 Å². The monoisotopic (exact) mass is 314 g/mol. The number of rotatable bonds is 4. The summed E-state index contributed by atoms with van der Waals surface area (Å²) in [5, 5.41) is 11.0. The van der Waals surface area contributed by atoms with Gasteiger partial charge in [-0.15, -0.1) is 0 Å². The summed E-state index contributed by atoms with van der Waals surface area (Å²) in [4.78, 5) is 14.6. The van der Waals surface area contributed by atoms with Gasteiger partial charge in [0.05, 0.1) is 12.5 Å². The summed E-state index contributed by atoms with van der Waals surface area (Å²) in [6, 6.07) is 8.27. The first-order valence-corrected chi connectivity index (χ1v) is 8.62. The maximum atomic E-state index is 12.7. The lowest BCUT2D eigenvalue weighted by Crippen LogP contribution is -2.43. The Labute approximate surface area is 137 Å². The predicted molar refractivity (Wildman–Crippen MR) is 92.3 cm³/mol. The van der Waals surface area contributed by atoms with Gasteiger partial charge >= 0.3 is 0 Å². The highest BCUT2D eigenvalue weighted by atomic mass is 16.3. The molecule has 1 fully saturated rings. The lowest BCUT2D eigenvalue weighted by molar-refractivity contribution is -0.133. The third kappa shape index (κ3) is 3.27. The molecule has 4 nitrogen and oxygen atoms in total. The highest BCUT2D eigenvalue weighted by Crippen LogP contribution is 2.24. The minimum atomic E-state index is -0.340. The molecule has 4 heteroatoms. The molecule has 0 saturated carbocycles. The molecule has 1 aromatic heterocycles. The second-order valence-corrected chi connectivity index (χ2v) is 6.62. The van der Waals surface area contributed by atoms with Gasteiger partial charge in [-0.1, -0.05) is 18.2 Å². The van der Waals surface area contributed by atoms with E-state index in [1.165, 1.54) is 10.9 Å². The number of aliphatic hydroxyl groups excluding tert-OH is 1. The summed E-state index contributed by atoms with van der Waals surface area (Å²) in [6.07, 6.45) is 4.21. The van der Waals surface area contributed by atoms with E-state index in [1.807, 2.05) is 24.0 Å². The number of amides is 1. The van der Waals surface area contributed by atoms with Crippen molar-refractivity contribution in [2.75, 3.05) is 13.1 Å². The number of benzene rings is 1. The number of nitrogens with zero attached hydrogens (tertiary/aromatic N) is 2. The van der Waals surface area contributed by atoms with Gasteiger partial charge < -0.3 is 14.6 Å². The van der Waals surface area contributed by atoms with Crippen molar-refractivity contribution < 1.29 is 9.90 Å². The maximum Gasteiger partial charge on any atom is 0.227 e. The van der Waals surface area contributed by atoms with Crippen molar-refractivity contribution in [1.82, 2.24) is 9.47 Å². The molecular formula is C19H26N2O2. The SMILES string of the molecule is CCn1cc(CC(=O)N2CCC[C@@H]([C@H](C)O)C2)c2ccccc21. The number of hydrogen-bond acceptors (Lipinski definition) is 2. The van der Waals surface area contributed by atoms with Gasteiger partial charge in [0, 0.05) is 42.7 Å². The average molecular weight is 314 g/mol. The number of aromatic nitrogens is 1. The van der Waals surface area contributed by atoms with Crippen LogP contribution in [0.15, 0.2) is 30.5 Å². The van der Waals surface area contributed by atoms with E-state index >= 15 is 0 Å². The van der Waals surface area contributed by atoms with Crippen LogP contribution >= 0.6 is 0 Å². The summed E-state index contributed by atoms with van der Waals surface area (Å²) in [6.45, 7) is 6.35. The standard InChI is InChI=1S/C19H26N2O2/c1-3-20-13-16(17-8-4-5-9-18(17)20)11-19(23)21-10-6-7-15(12-21)14(2)22/h4-5,8-9,13-15,22H,3,6-7,10-12H2,1-2H3/t14-,15+/m0/s1. The Kier molecular flexibility index (Phi) is 4.71. The van der Waals surface area contributed by atoms with Crippen LogP contribution in [-0.4, -0.2) is 39.7 Å². The molecule has 1 aromatic carbocycles. The fraction of sp³-hybridized carbons (Fsp3) is 0.526. The van der Waals surface area contributed by atoms with Crippen molar-refractivity contribution in [2.24, 2.45) is 5.92 Å². The topological polar surface area (TPSA) is 45.5 Å². The van der Waals surface area contributed by atoms with Crippen molar-refractivity contribution >= 4 is 16.8 Å². The number of para-hydroxylation sites is 1. The molecular weight excluding hydrogens is 288 g/mol. The molecule has 2 aromatic rings. The van der Waals surface area contributed by atoms with E-state index < -0.39 is 0 Å². The summed E-state index contributed by atoms with van der Waals surface area (Å²) < 4.78 is 2.20. The Balaban J connectivity index is 1.78. The quantitative estimate of drug-likeness (QED) is 0.943. The molecule has 1 amide bonds. The van der Waals surface area contributed by atoms with E-state index in [2.05, 4.69) is 29.8 Å². The Morgan fingerprint density at radius 1 is 1.39 bits per heavy atom. The lowest BCUT2D eigenvalue weighted by Gasteiger charge is -2.34. The van der Waals surface area contributed by atoms with Crippen LogP contribution in [0.1, 0.15) is 32.3 Å². The third-order valence-electron chi connectivity index (χ3n) is 5.05. The van der Waals surface area contributed by atoms with Crippen molar-refractivity contribution in [2.45, 2.75) is 45.8 Å². The van der Waals surface area contributed by atoms with Crippen LogP contribution in [0.4, 0.5) is 0 Å². The molecule has 1 N–H and O–H groups in total.